The Hall–Kier alpha value is -1.66. The first-order valence-corrected chi connectivity index (χ1v) is 23.1. The number of hydrogen-bond donors (Lipinski definition) is 3. The minimum atomic E-state index is -0.671. The number of allylic oxidation sites excluding steroid dienone is 4. The number of aliphatic hydroxyl groups is 2. The van der Waals surface area contributed by atoms with Crippen LogP contribution in [0.3, 0.4) is 0 Å². The number of carbonyl (C=O) groups is 2. The molecule has 0 radical (unpaired) electrons. The van der Waals surface area contributed by atoms with Crippen LogP contribution >= 0.6 is 0 Å². The Labute approximate surface area is 329 Å². The third-order valence-corrected chi connectivity index (χ3v) is 10.5. The van der Waals surface area contributed by atoms with Crippen LogP contribution in [-0.2, 0) is 14.3 Å². The van der Waals surface area contributed by atoms with Crippen molar-refractivity contribution in [2.45, 2.75) is 251 Å². The standard InChI is InChI=1S/C47H89NO5/c1-3-5-7-9-11-13-14-21-25-29-33-37-41-47(52)53-42-38-34-30-26-22-19-17-15-16-18-20-24-28-32-36-40-46(51)48-44(43-49)45(50)39-35-31-27-23-12-10-8-6-4-2/h11,13,17,19,44-45,49-50H,3-10,12,14-16,18,20-43H2,1-2H3,(H,48,51)/b13-11-,19-17-. The normalized spacial score (nSPS) is 12.9. The molecule has 0 aliphatic carbocycles. The average molecular weight is 748 g/mol. The Morgan fingerprint density at radius 1 is 0.509 bits per heavy atom. The van der Waals surface area contributed by atoms with Gasteiger partial charge in [-0.2, -0.15) is 0 Å². The summed E-state index contributed by atoms with van der Waals surface area (Å²) in [4.78, 5) is 24.3. The van der Waals surface area contributed by atoms with Gasteiger partial charge in [0.2, 0.25) is 5.91 Å². The molecule has 2 unspecified atom stereocenters. The Morgan fingerprint density at radius 2 is 0.887 bits per heavy atom. The van der Waals surface area contributed by atoms with Gasteiger partial charge in [-0.1, -0.05) is 173 Å². The van der Waals surface area contributed by atoms with Crippen molar-refractivity contribution in [2.75, 3.05) is 13.2 Å². The largest absolute Gasteiger partial charge is 0.466 e. The van der Waals surface area contributed by atoms with Crippen LogP contribution in [0.15, 0.2) is 24.3 Å². The lowest BCUT2D eigenvalue weighted by Crippen LogP contribution is -2.45. The van der Waals surface area contributed by atoms with Crippen molar-refractivity contribution in [3.8, 4) is 0 Å². The Bertz CT molecular complexity index is 828. The minimum absolute atomic E-state index is 0.0211. The van der Waals surface area contributed by atoms with Crippen LogP contribution in [-0.4, -0.2) is 47.4 Å². The van der Waals surface area contributed by atoms with Gasteiger partial charge in [-0.05, 0) is 77.0 Å². The van der Waals surface area contributed by atoms with Gasteiger partial charge in [0.25, 0.3) is 0 Å². The van der Waals surface area contributed by atoms with E-state index in [9.17, 15) is 19.8 Å². The first-order valence-electron chi connectivity index (χ1n) is 23.1. The Kier molecular flexibility index (Phi) is 41.7. The molecule has 6 heteroatoms. The number of carbonyl (C=O) groups excluding carboxylic acids is 2. The highest BCUT2D eigenvalue weighted by Crippen LogP contribution is 2.15. The number of esters is 1. The first-order chi connectivity index (χ1) is 26.0. The molecular formula is C47H89NO5. The molecule has 3 N–H and O–H groups in total. The minimum Gasteiger partial charge on any atom is -0.466 e. The van der Waals surface area contributed by atoms with Crippen molar-refractivity contribution in [2.24, 2.45) is 0 Å². The van der Waals surface area contributed by atoms with Gasteiger partial charge in [0.1, 0.15) is 0 Å². The van der Waals surface area contributed by atoms with Crippen LogP contribution < -0.4 is 5.32 Å². The summed E-state index contributed by atoms with van der Waals surface area (Å²) in [6.45, 7) is 4.85. The van der Waals surface area contributed by atoms with Gasteiger partial charge >= 0.3 is 5.97 Å². The summed E-state index contributed by atoms with van der Waals surface area (Å²) < 4.78 is 5.43. The summed E-state index contributed by atoms with van der Waals surface area (Å²) >= 11 is 0. The van der Waals surface area contributed by atoms with Crippen molar-refractivity contribution in [3.63, 3.8) is 0 Å². The number of nitrogens with one attached hydrogen (secondary N) is 1. The van der Waals surface area contributed by atoms with Gasteiger partial charge in [0, 0.05) is 12.8 Å². The molecule has 0 rings (SSSR count). The maximum absolute atomic E-state index is 12.4. The van der Waals surface area contributed by atoms with Gasteiger partial charge in [0.05, 0.1) is 25.4 Å². The summed E-state index contributed by atoms with van der Waals surface area (Å²) in [5, 5.41) is 23.0. The third-order valence-electron chi connectivity index (χ3n) is 10.5. The van der Waals surface area contributed by atoms with E-state index in [0.29, 0.717) is 25.9 Å². The molecule has 0 aromatic rings. The maximum atomic E-state index is 12.4. The second kappa shape index (κ2) is 43.1. The van der Waals surface area contributed by atoms with E-state index in [2.05, 4.69) is 43.5 Å². The molecule has 0 saturated heterocycles. The van der Waals surface area contributed by atoms with Crippen LogP contribution in [0.2, 0.25) is 0 Å². The number of rotatable bonds is 42. The van der Waals surface area contributed by atoms with Gasteiger partial charge in [-0.15, -0.1) is 0 Å². The van der Waals surface area contributed by atoms with Crippen LogP contribution in [0.1, 0.15) is 239 Å². The topological polar surface area (TPSA) is 95.9 Å². The molecule has 0 aliphatic heterocycles. The number of amides is 1. The molecular weight excluding hydrogens is 659 g/mol. The van der Waals surface area contributed by atoms with Crippen LogP contribution in [0, 0.1) is 0 Å². The molecule has 1 amide bonds. The highest BCUT2D eigenvalue weighted by molar-refractivity contribution is 5.76. The SMILES string of the molecule is CCCCC/C=C\CCCCCCCC(=O)OCCCCCC/C=C\CCCCCCCCCC(=O)NC(CO)C(O)CCCCCCCCCCC. The van der Waals surface area contributed by atoms with Crippen molar-refractivity contribution in [1.29, 1.82) is 0 Å². The van der Waals surface area contributed by atoms with E-state index in [0.717, 1.165) is 70.6 Å². The smallest absolute Gasteiger partial charge is 0.305 e. The number of hydrogen-bond acceptors (Lipinski definition) is 5. The number of aliphatic hydroxyl groups excluding tert-OH is 2. The predicted molar refractivity (Wildman–Crippen MR) is 227 cm³/mol. The van der Waals surface area contributed by atoms with Crippen LogP contribution in [0.5, 0.6) is 0 Å². The molecule has 0 spiro atoms. The van der Waals surface area contributed by atoms with Crippen molar-refractivity contribution < 1.29 is 24.5 Å². The van der Waals surface area contributed by atoms with Crippen LogP contribution in [0.25, 0.3) is 0 Å². The van der Waals surface area contributed by atoms with Gasteiger partial charge in [-0.25, -0.2) is 0 Å². The molecule has 312 valence electrons. The Balaban J connectivity index is 3.48. The van der Waals surface area contributed by atoms with E-state index >= 15 is 0 Å². The second-order valence-electron chi connectivity index (χ2n) is 15.7. The van der Waals surface area contributed by atoms with E-state index in [1.54, 1.807) is 0 Å². The third kappa shape index (κ3) is 39.8. The van der Waals surface area contributed by atoms with Crippen molar-refractivity contribution in [1.82, 2.24) is 5.32 Å². The summed E-state index contributed by atoms with van der Waals surface area (Å²) in [6, 6.07) is -0.550. The zero-order chi connectivity index (χ0) is 38.7. The fraction of sp³-hybridized carbons (Fsp3) is 0.872. The highest BCUT2D eigenvalue weighted by atomic mass is 16.5. The second-order valence-corrected chi connectivity index (χ2v) is 15.7. The van der Waals surface area contributed by atoms with E-state index in [1.165, 1.54) is 135 Å². The molecule has 0 heterocycles. The summed E-state index contributed by atoms with van der Waals surface area (Å²) in [5.41, 5.74) is 0. The van der Waals surface area contributed by atoms with E-state index in [-0.39, 0.29) is 18.5 Å². The predicted octanol–water partition coefficient (Wildman–Crippen LogP) is 13.2. The molecule has 6 nitrogen and oxygen atoms in total. The molecule has 0 aliphatic rings. The molecule has 0 fully saturated rings. The van der Waals surface area contributed by atoms with Crippen molar-refractivity contribution in [3.05, 3.63) is 24.3 Å². The molecule has 0 bridgehead atoms. The fourth-order valence-electron chi connectivity index (χ4n) is 6.86. The maximum Gasteiger partial charge on any atom is 0.305 e. The molecule has 0 saturated carbocycles. The fourth-order valence-corrected chi connectivity index (χ4v) is 6.86. The van der Waals surface area contributed by atoms with Gasteiger partial charge < -0.3 is 20.3 Å². The van der Waals surface area contributed by atoms with Crippen molar-refractivity contribution >= 4 is 11.9 Å². The summed E-state index contributed by atoms with van der Waals surface area (Å²) in [5.74, 6) is -0.0752. The van der Waals surface area contributed by atoms with E-state index in [4.69, 9.17) is 4.74 Å². The molecule has 53 heavy (non-hydrogen) atoms. The average Bonchev–Trinajstić information content (AvgIpc) is 3.16. The number of ether oxygens (including phenoxy) is 1. The first kappa shape index (κ1) is 51.3. The summed E-state index contributed by atoms with van der Waals surface area (Å²) in [6.07, 6.45) is 48.5. The van der Waals surface area contributed by atoms with Crippen LogP contribution in [0.4, 0.5) is 0 Å². The zero-order valence-corrected chi connectivity index (χ0v) is 35.2. The lowest BCUT2D eigenvalue weighted by atomic mass is 10.0. The van der Waals surface area contributed by atoms with E-state index in [1.807, 2.05) is 0 Å². The molecule has 2 atom stereocenters. The van der Waals surface area contributed by atoms with Gasteiger partial charge in [-0.3, -0.25) is 9.59 Å². The quantitative estimate of drug-likeness (QED) is 0.0328. The number of unbranched alkanes of at least 4 members (excludes halogenated alkanes) is 27. The van der Waals surface area contributed by atoms with E-state index < -0.39 is 12.1 Å². The lowest BCUT2D eigenvalue weighted by molar-refractivity contribution is -0.143. The zero-order valence-electron chi connectivity index (χ0n) is 35.2. The highest BCUT2D eigenvalue weighted by Gasteiger charge is 2.20. The molecule has 0 aromatic heterocycles. The lowest BCUT2D eigenvalue weighted by Gasteiger charge is -2.22. The summed E-state index contributed by atoms with van der Waals surface area (Å²) in [7, 11) is 0. The molecule has 0 aromatic carbocycles. The van der Waals surface area contributed by atoms with Gasteiger partial charge in [0.15, 0.2) is 0 Å². The monoisotopic (exact) mass is 748 g/mol. The Morgan fingerprint density at radius 3 is 1.38 bits per heavy atom.